The number of anilines is 1. The van der Waals surface area contributed by atoms with Gasteiger partial charge in [-0.1, -0.05) is 30.0 Å². The van der Waals surface area contributed by atoms with E-state index in [2.05, 4.69) is 10.3 Å². The minimum absolute atomic E-state index is 0.00620. The maximum atomic E-state index is 13.4. The molecule has 33 heavy (non-hydrogen) atoms. The third kappa shape index (κ3) is 4.46. The number of thiocarbonyl (C=S) groups is 1. The molecule has 2 aliphatic rings. The normalized spacial score (nSPS) is 19.8. The van der Waals surface area contributed by atoms with Crippen molar-refractivity contribution in [3.05, 3.63) is 68.9 Å². The molecule has 0 saturated carbocycles. The van der Waals surface area contributed by atoms with E-state index in [0.717, 1.165) is 18.4 Å². The Balaban J connectivity index is 1.52. The van der Waals surface area contributed by atoms with Crippen molar-refractivity contribution >= 4 is 51.7 Å². The number of rotatable bonds is 6. The zero-order valence-electron chi connectivity index (χ0n) is 17.9. The van der Waals surface area contributed by atoms with Crippen molar-refractivity contribution in [1.82, 2.24) is 14.3 Å². The van der Waals surface area contributed by atoms with Crippen LogP contribution in [-0.4, -0.2) is 43.8 Å². The Kier molecular flexibility index (Phi) is 6.05. The van der Waals surface area contributed by atoms with Crippen molar-refractivity contribution in [1.29, 1.82) is 0 Å². The third-order valence-electron chi connectivity index (χ3n) is 5.57. The molecule has 2 fully saturated rings. The fourth-order valence-electron chi connectivity index (χ4n) is 3.89. The second-order valence-corrected chi connectivity index (χ2v) is 9.65. The summed E-state index contributed by atoms with van der Waals surface area (Å²) in [4.78, 5) is 33.2. The summed E-state index contributed by atoms with van der Waals surface area (Å²) in [7, 11) is 0. The standard InChI is InChI=1S/C23H22N4O4S2/c1-14-6-7-19-25-20(24-11-15-4-2-8-30-15)17(21(28)26(19)12-14)10-18-22(29)27(23(32)33-18)13-16-5-3-9-31-16/h2,4,6-8,10,12,16,24H,3,5,9,11,13H2,1H3/b18-10-/t16-/m0/s1. The van der Waals surface area contributed by atoms with Crippen LogP contribution < -0.4 is 10.9 Å². The SMILES string of the molecule is Cc1ccc2nc(NCc3ccco3)c(/C=C3\SC(=S)N(C[C@@H]4CCCO4)C3=O)c(=O)n2c1. The van der Waals surface area contributed by atoms with E-state index in [1.807, 2.05) is 19.1 Å². The second-order valence-electron chi connectivity index (χ2n) is 7.97. The molecule has 3 aromatic heterocycles. The highest BCUT2D eigenvalue weighted by Gasteiger charge is 2.35. The number of nitrogens with one attached hydrogen (secondary N) is 1. The van der Waals surface area contributed by atoms with Gasteiger partial charge in [0.2, 0.25) is 0 Å². The van der Waals surface area contributed by atoms with Crippen LogP contribution in [0.1, 0.15) is 29.7 Å². The number of furan rings is 1. The first-order valence-electron chi connectivity index (χ1n) is 10.7. The Morgan fingerprint density at radius 3 is 2.97 bits per heavy atom. The van der Waals surface area contributed by atoms with E-state index < -0.39 is 0 Å². The van der Waals surface area contributed by atoms with Crippen molar-refractivity contribution in [3.8, 4) is 0 Å². The lowest BCUT2D eigenvalue weighted by atomic mass is 10.2. The number of fused-ring (bicyclic) bond motifs is 1. The van der Waals surface area contributed by atoms with E-state index in [-0.39, 0.29) is 17.6 Å². The smallest absolute Gasteiger partial charge is 0.267 e. The number of aryl methyl sites for hydroxylation is 1. The molecule has 10 heteroatoms. The molecule has 170 valence electrons. The molecule has 1 atom stereocenters. The molecule has 0 aromatic carbocycles. The van der Waals surface area contributed by atoms with Gasteiger partial charge < -0.3 is 14.5 Å². The van der Waals surface area contributed by atoms with Gasteiger partial charge >= 0.3 is 0 Å². The van der Waals surface area contributed by atoms with Crippen LogP contribution in [-0.2, 0) is 16.1 Å². The van der Waals surface area contributed by atoms with Crippen molar-refractivity contribution < 1.29 is 13.9 Å². The lowest BCUT2D eigenvalue weighted by molar-refractivity contribution is -0.123. The lowest BCUT2D eigenvalue weighted by Crippen LogP contribution is -2.35. The molecule has 0 bridgehead atoms. The topological polar surface area (TPSA) is 89.1 Å². The number of pyridine rings is 1. The molecule has 1 N–H and O–H groups in total. The van der Waals surface area contributed by atoms with Crippen LogP contribution in [0.25, 0.3) is 11.7 Å². The Bertz CT molecular complexity index is 1310. The molecule has 0 radical (unpaired) electrons. The quantitative estimate of drug-likeness (QED) is 0.421. The molecule has 0 aliphatic carbocycles. The van der Waals surface area contributed by atoms with Gasteiger partial charge in [0, 0.05) is 12.8 Å². The van der Waals surface area contributed by atoms with Crippen LogP contribution in [0, 0.1) is 6.92 Å². The van der Waals surface area contributed by atoms with Crippen LogP contribution in [0.2, 0.25) is 0 Å². The van der Waals surface area contributed by atoms with Crippen molar-refractivity contribution in [2.24, 2.45) is 0 Å². The Morgan fingerprint density at radius 2 is 2.21 bits per heavy atom. The van der Waals surface area contributed by atoms with Gasteiger partial charge in [-0.05, 0) is 49.6 Å². The third-order valence-corrected chi connectivity index (χ3v) is 6.95. The van der Waals surface area contributed by atoms with Crippen molar-refractivity contribution in [2.45, 2.75) is 32.4 Å². The van der Waals surface area contributed by atoms with Gasteiger partial charge in [0.05, 0.1) is 35.9 Å². The van der Waals surface area contributed by atoms with Crippen LogP contribution in [0.5, 0.6) is 0 Å². The number of carbonyl (C=O) groups excluding carboxylic acids is 1. The maximum absolute atomic E-state index is 13.4. The van der Waals surface area contributed by atoms with Crippen molar-refractivity contribution in [2.75, 3.05) is 18.5 Å². The molecule has 2 aliphatic heterocycles. The molecule has 8 nitrogen and oxygen atoms in total. The fraction of sp³-hybridized carbons (Fsp3) is 0.304. The first-order chi connectivity index (χ1) is 16.0. The summed E-state index contributed by atoms with van der Waals surface area (Å²) in [5.74, 6) is 0.866. The van der Waals surface area contributed by atoms with Crippen LogP contribution in [0.4, 0.5) is 5.82 Å². The summed E-state index contributed by atoms with van der Waals surface area (Å²) in [5, 5.41) is 3.18. The maximum Gasteiger partial charge on any atom is 0.267 e. The zero-order chi connectivity index (χ0) is 22.9. The summed E-state index contributed by atoms with van der Waals surface area (Å²) in [6.45, 7) is 3.39. The highest BCUT2D eigenvalue weighted by atomic mass is 32.2. The molecule has 2 saturated heterocycles. The van der Waals surface area contributed by atoms with E-state index in [0.29, 0.717) is 51.7 Å². The van der Waals surface area contributed by atoms with Gasteiger partial charge in [0.25, 0.3) is 11.5 Å². The minimum atomic E-state index is -0.268. The highest BCUT2D eigenvalue weighted by molar-refractivity contribution is 8.26. The fourth-order valence-corrected chi connectivity index (χ4v) is 5.14. The average molecular weight is 483 g/mol. The highest BCUT2D eigenvalue weighted by Crippen LogP contribution is 2.34. The second kappa shape index (κ2) is 9.12. The summed E-state index contributed by atoms with van der Waals surface area (Å²) in [6.07, 6.45) is 6.80. The number of ether oxygens (including phenoxy) is 1. The van der Waals surface area contributed by atoms with E-state index >= 15 is 0 Å². The van der Waals surface area contributed by atoms with Crippen molar-refractivity contribution in [3.63, 3.8) is 0 Å². The van der Waals surface area contributed by atoms with Gasteiger partial charge in [0.1, 0.15) is 21.5 Å². The van der Waals surface area contributed by atoms with E-state index in [9.17, 15) is 9.59 Å². The molecule has 1 amide bonds. The van der Waals surface area contributed by atoms with E-state index in [1.54, 1.807) is 35.6 Å². The van der Waals surface area contributed by atoms with Gasteiger partial charge in [0.15, 0.2) is 0 Å². The van der Waals surface area contributed by atoms with Crippen LogP contribution in [0.15, 0.2) is 50.8 Å². The van der Waals surface area contributed by atoms with Crippen LogP contribution in [0.3, 0.4) is 0 Å². The minimum Gasteiger partial charge on any atom is -0.467 e. The van der Waals surface area contributed by atoms with Gasteiger partial charge in [-0.15, -0.1) is 0 Å². The molecular formula is C23H22N4O4S2. The molecular weight excluding hydrogens is 460 g/mol. The monoisotopic (exact) mass is 482 g/mol. The molecule has 0 spiro atoms. The van der Waals surface area contributed by atoms with Gasteiger partial charge in [-0.2, -0.15) is 0 Å². The number of amides is 1. The number of thioether (sulfide) groups is 1. The number of carbonyl (C=O) groups is 1. The summed E-state index contributed by atoms with van der Waals surface area (Å²) < 4.78 is 13.0. The summed E-state index contributed by atoms with van der Waals surface area (Å²) in [5.41, 5.74) is 1.46. The summed E-state index contributed by atoms with van der Waals surface area (Å²) in [6, 6.07) is 7.32. The lowest BCUT2D eigenvalue weighted by Gasteiger charge is -2.18. The number of nitrogens with zero attached hydrogens (tertiary/aromatic N) is 3. The van der Waals surface area contributed by atoms with Gasteiger partial charge in [-0.3, -0.25) is 18.9 Å². The van der Waals surface area contributed by atoms with Gasteiger partial charge in [-0.25, -0.2) is 4.98 Å². The molecule has 5 heterocycles. The predicted molar refractivity (Wildman–Crippen MR) is 131 cm³/mol. The first kappa shape index (κ1) is 21.9. The number of aromatic nitrogens is 2. The number of hydrogen-bond donors (Lipinski definition) is 1. The Hall–Kier alpha value is -2.95. The van der Waals surface area contributed by atoms with Crippen LogP contribution >= 0.6 is 24.0 Å². The Labute approximate surface area is 199 Å². The first-order valence-corrected chi connectivity index (χ1v) is 11.9. The Morgan fingerprint density at radius 1 is 1.33 bits per heavy atom. The van der Waals surface area contributed by atoms with E-state index in [1.165, 1.54) is 16.2 Å². The predicted octanol–water partition coefficient (Wildman–Crippen LogP) is 3.59. The zero-order valence-corrected chi connectivity index (χ0v) is 19.6. The molecule has 0 unspecified atom stereocenters. The number of hydrogen-bond acceptors (Lipinski definition) is 8. The molecule has 3 aromatic rings. The molecule has 5 rings (SSSR count). The van der Waals surface area contributed by atoms with E-state index in [4.69, 9.17) is 21.4 Å². The average Bonchev–Trinajstić information content (AvgIpc) is 3.55. The largest absolute Gasteiger partial charge is 0.467 e. The summed E-state index contributed by atoms with van der Waals surface area (Å²) >= 11 is 6.65.